The van der Waals surface area contributed by atoms with E-state index in [4.69, 9.17) is 22.6 Å². The molecule has 0 radical (unpaired) electrons. The lowest BCUT2D eigenvalue weighted by molar-refractivity contribution is 0.448. The summed E-state index contributed by atoms with van der Waals surface area (Å²) in [6.07, 6.45) is 1.87. The second-order valence-electron chi connectivity index (χ2n) is 4.61. The molecule has 1 aromatic rings. The fraction of sp³-hybridized carbons (Fsp3) is 0.462. The normalized spacial score (nSPS) is 11.2. The van der Waals surface area contributed by atoms with Crippen molar-refractivity contribution < 1.29 is 0 Å². The minimum atomic E-state index is -0.243. The summed E-state index contributed by atoms with van der Waals surface area (Å²) in [5.41, 5.74) is 6.34. The number of rotatable bonds is 5. The van der Waals surface area contributed by atoms with E-state index in [1.54, 1.807) is 11.8 Å². The van der Waals surface area contributed by atoms with Gasteiger partial charge >= 0.3 is 0 Å². The van der Waals surface area contributed by atoms with Crippen LogP contribution in [0.25, 0.3) is 0 Å². The van der Waals surface area contributed by atoms with Crippen LogP contribution in [0.3, 0.4) is 0 Å². The van der Waals surface area contributed by atoms with Crippen molar-refractivity contribution in [2.75, 3.05) is 11.5 Å². The van der Waals surface area contributed by atoms with Gasteiger partial charge in [-0.1, -0.05) is 17.7 Å². The van der Waals surface area contributed by atoms with Gasteiger partial charge in [-0.15, -0.1) is 11.8 Å². The Morgan fingerprint density at radius 1 is 1.47 bits per heavy atom. The SMILES string of the molecule is CC(C)(C#N)CCCSc1c(N)cccc1Cl. The smallest absolute Gasteiger partial charge is 0.0683 e. The third kappa shape index (κ3) is 4.49. The summed E-state index contributed by atoms with van der Waals surface area (Å²) in [5, 5.41) is 9.60. The first-order valence-corrected chi connectivity index (χ1v) is 6.91. The van der Waals surface area contributed by atoms with Crippen molar-refractivity contribution in [2.24, 2.45) is 5.41 Å². The van der Waals surface area contributed by atoms with Gasteiger partial charge in [-0.3, -0.25) is 0 Å². The van der Waals surface area contributed by atoms with Gasteiger partial charge in [0.15, 0.2) is 0 Å². The van der Waals surface area contributed by atoms with Gasteiger partial charge in [-0.25, -0.2) is 0 Å². The fourth-order valence-electron chi connectivity index (χ4n) is 1.42. The number of benzene rings is 1. The summed E-state index contributed by atoms with van der Waals surface area (Å²) >= 11 is 7.73. The standard InChI is InChI=1S/C13H17ClN2S/c1-13(2,9-15)7-4-8-17-12-10(14)5-3-6-11(12)16/h3,5-6H,4,7-8,16H2,1-2H3. The predicted molar refractivity (Wildman–Crippen MR) is 75.2 cm³/mol. The summed E-state index contributed by atoms with van der Waals surface area (Å²) in [6, 6.07) is 7.85. The topological polar surface area (TPSA) is 49.8 Å². The summed E-state index contributed by atoms with van der Waals surface area (Å²) in [7, 11) is 0. The van der Waals surface area contributed by atoms with E-state index in [1.807, 2.05) is 32.0 Å². The Hall–Kier alpha value is -0.850. The van der Waals surface area contributed by atoms with E-state index >= 15 is 0 Å². The maximum absolute atomic E-state index is 8.90. The number of nitrogens with zero attached hydrogens (tertiary/aromatic N) is 1. The Morgan fingerprint density at radius 3 is 2.76 bits per heavy atom. The second kappa shape index (κ2) is 6.18. The number of thioether (sulfide) groups is 1. The third-order valence-electron chi connectivity index (χ3n) is 2.49. The molecule has 0 atom stereocenters. The van der Waals surface area contributed by atoms with Crippen LogP contribution in [-0.4, -0.2) is 5.75 Å². The highest BCUT2D eigenvalue weighted by atomic mass is 35.5. The number of nitriles is 1. The molecule has 0 amide bonds. The van der Waals surface area contributed by atoms with Gasteiger partial charge in [0, 0.05) is 10.6 Å². The Labute approximate surface area is 112 Å². The molecular weight excluding hydrogens is 252 g/mol. The number of halogens is 1. The molecule has 2 nitrogen and oxygen atoms in total. The molecule has 0 saturated heterocycles. The molecule has 0 spiro atoms. The van der Waals surface area contributed by atoms with E-state index in [1.165, 1.54) is 0 Å². The first-order valence-electron chi connectivity index (χ1n) is 5.54. The molecule has 17 heavy (non-hydrogen) atoms. The third-order valence-corrected chi connectivity index (χ3v) is 4.16. The number of nitrogen functional groups attached to an aromatic ring is 1. The van der Waals surface area contributed by atoms with Gasteiger partial charge in [-0.05, 0) is 44.6 Å². The van der Waals surface area contributed by atoms with Crippen LogP contribution < -0.4 is 5.73 Å². The monoisotopic (exact) mass is 268 g/mol. The van der Waals surface area contributed by atoms with Gasteiger partial charge < -0.3 is 5.73 Å². The molecule has 1 aromatic carbocycles. The molecule has 92 valence electrons. The van der Waals surface area contributed by atoms with E-state index in [0.29, 0.717) is 5.02 Å². The van der Waals surface area contributed by atoms with Gasteiger partial charge in [0.1, 0.15) is 0 Å². The summed E-state index contributed by atoms with van der Waals surface area (Å²) in [5.74, 6) is 0.930. The molecule has 2 N–H and O–H groups in total. The van der Waals surface area contributed by atoms with Gasteiger partial charge in [-0.2, -0.15) is 5.26 Å². The van der Waals surface area contributed by atoms with Crippen molar-refractivity contribution in [2.45, 2.75) is 31.6 Å². The zero-order chi connectivity index (χ0) is 12.9. The lowest BCUT2D eigenvalue weighted by atomic mass is 9.90. The van der Waals surface area contributed by atoms with Crippen molar-refractivity contribution in [3.05, 3.63) is 23.2 Å². The van der Waals surface area contributed by atoms with E-state index < -0.39 is 0 Å². The van der Waals surface area contributed by atoms with Gasteiger partial charge in [0.2, 0.25) is 0 Å². The van der Waals surface area contributed by atoms with Crippen molar-refractivity contribution in [3.8, 4) is 6.07 Å². The van der Waals surface area contributed by atoms with Crippen LogP contribution in [0.15, 0.2) is 23.1 Å². The first kappa shape index (κ1) is 14.2. The number of anilines is 1. The van der Waals surface area contributed by atoms with Crippen LogP contribution in [0, 0.1) is 16.7 Å². The zero-order valence-electron chi connectivity index (χ0n) is 10.2. The Kier molecular flexibility index (Phi) is 5.17. The van der Waals surface area contributed by atoms with Crippen LogP contribution >= 0.6 is 23.4 Å². The molecule has 0 unspecified atom stereocenters. The summed E-state index contributed by atoms with van der Waals surface area (Å²) < 4.78 is 0. The Bertz CT molecular complexity index is 404. The van der Waals surface area contributed by atoms with Crippen LogP contribution in [0.4, 0.5) is 5.69 Å². The number of nitrogens with two attached hydrogens (primary N) is 1. The van der Waals surface area contributed by atoms with Crippen LogP contribution in [0.1, 0.15) is 26.7 Å². The van der Waals surface area contributed by atoms with Crippen molar-refractivity contribution in [3.63, 3.8) is 0 Å². The lowest BCUT2D eigenvalue weighted by Gasteiger charge is -2.14. The largest absolute Gasteiger partial charge is 0.398 e. The van der Waals surface area contributed by atoms with E-state index in [-0.39, 0.29) is 5.41 Å². The fourth-order valence-corrected chi connectivity index (χ4v) is 2.70. The quantitative estimate of drug-likeness (QED) is 0.491. The van der Waals surface area contributed by atoms with Gasteiger partial charge in [0.05, 0.1) is 16.5 Å². The minimum absolute atomic E-state index is 0.243. The first-order chi connectivity index (χ1) is 7.96. The molecule has 0 aliphatic carbocycles. The van der Waals surface area contributed by atoms with Crippen LogP contribution in [0.5, 0.6) is 0 Å². The minimum Gasteiger partial charge on any atom is -0.398 e. The highest BCUT2D eigenvalue weighted by Crippen LogP contribution is 2.33. The molecule has 4 heteroatoms. The summed E-state index contributed by atoms with van der Waals surface area (Å²) in [4.78, 5) is 0.948. The highest BCUT2D eigenvalue weighted by Gasteiger charge is 2.15. The maximum Gasteiger partial charge on any atom is 0.0683 e. The molecular formula is C13H17ClN2S. The Balaban J connectivity index is 2.45. The molecule has 0 saturated carbocycles. The number of hydrogen-bond donors (Lipinski definition) is 1. The molecule has 0 bridgehead atoms. The lowest BCUT2D eigenvalue weighted by Crippen LogP contribution is -2.07. The van der Waals surface area contributed by atoms with E-state index in [9.17, 15) is 0 Å². The van der Waals surface area contributed by atoms with E-state index in [0.717, 1.165) is 29.2 Å². The average Bonchev–Trinajstić information content (AvgIpc) is 2.27. The zero-order valence-corrected chi connectivity index (χ0v) is 11.7. The molecule has 0 heterocycles. The molecule has 0 aliphatic heterocycles. The maximum atomic E-state index is 8.90. The molecule has 0 aromatic heterocycles. The van der Waals surface area contributed by atoms with Gasteiger partial charge in [0.25, 0.3) is 0 Å². The Morgan fingerprint density at radius 2 is 2.18 bits per heavy atom. The highest BCUT2D eigenvalue weighted by molar-refractivity contribution is 7.99. The average molecular weight is 269 g/mol. The van der Waals surface area contributed by atoms with Crippen LogP contribution in [-0.2, 0) is 0 Å². The van der Waals surface area contributed by atoms with Crippen molar-refractivity contribution in [1.29, 1.82) is 5.26 Å². The molecule has 1 rings (SSSR count). The number of hydrogen-bond acceptors (Lipinski definition) is 3. The van der Waals surface area contributed by atoms with Crippen molar-refractivity contribution >= 4 is 29.1 Å². The van der Waals surface area contributed by atoms with Crippen molar-refractivity contribution in [1.82, 2.24) is 0 Å². The summed E-state index contributed by atoms with van der Waals surface area (Å²) in [6.45, 7) is 3.92. The van der Waals surface area contributed by atoms with E-state index in [2.05, 4.69) is 6.07 Å². The molecule has 0 fully saturated rings. The van der Waals surface area contributed by atoms with Crippen LogP contribution in [0.2, 0.25) is 5.02 Å². The second-order valence-corrected chi connectivity index (χ2v) is 6.12. The predicted octanol–water partition coefficient (Wildman–Crippen LogP) is 4.34. The molecule has 0 aliphatic rings.